The maximum Gasteiger partial charge on any atom is 0.129 e. The van der Waals surface area contributed by atoms with Gasteiger partial charge in [0.2, 0.25) is 0 Å². The molecule has 2 fully saturated rings. The van der Waals surface area contributed by atoms with Crippen molar-refractivity contribution >= 4 is 6.29 Å². The van der Waals surface area contributed by atoms with E-state index in [1.807, 2.05) is 0 Å². The van der Waals surface area contributed by atoms with Crippen LogP contribution in [0.3, 0.4) is 0 Å². The lowest BCUT2D eigenvalue weighted by Crippen LogP contribution is -2.49. The molecule has 0 aliphatic carbocycles. The summed E-state index contributed by atoms with van der Waals surface area (Å²) in [4.78, 5) is 16.2. The Morgan fingerprint density at radius 1 is 1.39 bits per heavy atom. The van der Waals surface area contributed by atoms with Crippen LogP contribution >= 0.6 is 0 Å². The molecule has 2 heterocycles. The summed E-state index contributed by atoms with van der Waals surface area (Å²) in [5.41, 5.74) is -0.233. The monoisotopic (exact) mass is 254 g/mol. The van der Waals surface area contributed by atoms with Crippen molar-refractivity contribution in [3.8, 4) is 0 Å². The Kier molecular flexibility index (Phi) is 4.76. The molecule has 0 bridgehead atoms. The summed E-state index contributed by atoms with van der Waals surface area (Å²) in [6.45, 7) is 4.54. The zero-order valence-corrected chi connectivity index (χ0v) is 11.7. The van der Waals surface area contributed by atoms with Crippen LogP contribution in [0.2, 0.25) is 0 Å². The van der Waals surface area contributed by atoms with E-state index in [0.717, 1.165) is 45.4 Å². The van der Waals surface area contributed by atoms with Gasteiger partial charge >= 0.3 is 0 Å². The standard InChI is InChI=1S/C14H26N2O2/c1-15(2)13-4-7-16(8-5-13)10-14(11-17)6-3-9-18-12-14/h11,13H,3-10,12H2,1-2H3. The molecule has 1 unspecified atom stereocenters. The molecule has 0 amide bonds. The average Bonchev–Trinajstić information content (AvgIpc) is 2.40. The summed E-state index contributed by atoms with van der Waals surface area (Å²) >= 11 is 0. The van der Waals surface area contributed by atoms with Crippen molar-refractivity contribution in [1.29, 1.82) is 0 Å². The summed E-state index contributed by atoms with van der Waals surface area (Å²) in [6, 6.07) is 0.705. The average molecular weight is 254 g/mol. The van der Waals surface area contributed by atoms with Crippen molar-refractivity contribution in [2.24, 2.45) is 5.41 Å². The van der Waals surface area contributed by atoms with Crippen LogP contribution in [0, 0.1) is 5.41 Å². The number of carbonyl (C=O) groups is 1. The minimum atomic E-state index is -0.233. The molecular formula is C14H26N2O2. The van der Waals surface area contributed by atoms with Crippen LogP contribution in [0.1, 0.15) is 25.7 Å². The van der Waals surface area contributed by atoms with Crippen LogP contribution in [0.5, 0.6) is 0 Å². The number of hydrogen-bond acceptors (Lipinski definition) is 4. The van der Waals surface area contributed by atoms with E-state index in [-0.39, 0.29) is 5.41 Å². The Labute approximate surface area is 110 Å². The summed E-state index contributed by atoms with van der Waals surface area (Å²) in [5.74, 6) is 0. The van der Waals surface area contributed by atoms with Crippen molar-refractivity contribution in [2.75, 3.05) is 46.9 Å². The summed E-state index contributed by atoms with van der Waals surface area (Å²) in [5, 5.41) is 0. The fourth-order valence-electron chi connectivity index (χ4n) is 3.17. The smallest absolute Gasteiger partial charge is 0.129 e. The van der Waals surface area contributed by atoms with Crippen molar-refractivity contribution in [3.05, 3.63) is 0 Å². The molecule has 0 spiro atoms. The van der Waals surface area contributed by atoms with Crippen LogP contribution in [0.15, 0.2) is 0 Å². The van der Waals surface area contributed by atoms with E-state index in [1.54, 1.807) is 0 Å². The Morgan fingerprint density at radius 2 is 2.11 bits per heavy atom. The molecule has 2 saturated heterocycles. The van der Waals surface area contributed by atoms with Crippen LogP contribution in [-0.2, 0) is 9.53 Å². The first-order valence-electron chi connectivity index (χ1n) is 7.08. The fourth-order valence-corrected chi connectivity index (χ4v) is 3.17. The second-order valence-electron chi connectivity index (χ2n) is 6.11. The maximum absolute atomic E-state index is 11.4. The van der Waals surface area contributed by atoms with E-state index in [1.165, 1.54) is 12.8 Å². The minimum absolute atomic E-state index is 0.233. The number of hydrogen-bond donors (Lipinski definition) is 0. The second-order valence-corrected chi connectivity index (χ2v) is 6.11. The highest BCUT2D eigenvalue weighted by Crippen LogP contribution is 2.28. The number of rotatable bonds is 4. The van der Waals surface area contributed by atoms with E-state index < -0.39 is 0 Å². The second kappa shape index (κ2) is 6.13. The lowest BCUT2D eigenvalue weighted by atomic mass is 9.83. The Bertz CT molecular complexity index is 267. The molecule has 0 radical (unpaired) electrons. The molecule has 0 aromatic heterocycles. The van der Waals surface area contributed by atoms with Gasteiger partial charge < -0.3 is 19.3 Å². The molecule has 4 heteroatoms. The van der Waals surface area contributed by atoms with Gasteiger partial charge in [-0.25, -0.2) is 0 Å². The van der Waals surface area contributed by atoms with E-state index in [4.69, 9.17) is 4.74 Å². The van der Waals surface area contributed by atoms with Crippen LogP contribution in [0.4, 0.5) is 0 Å². The molecule has 104 valence electrons. The van der Waals surface area contributed by atoms with Crippen molar-refractivity contribution < 1.29 is 9.53 Å². The SMILES string of the molecule is CN(C)C1CCN(CC2(C=O)CCCOC2)CC1. The number of nitrogens with zero attached hydrogens (tertiary/aromatic N) is 2. The van der Waals surface area contributed by atoms with Gasteiger partial charge in [0.25, 0.3) is 0 Å². The van der Waals surface area contributed by atoms with Crippen molar-refractivity contribution in [1.82, 2.24) is 9.80 Å². The molecule has 2 rings (SSSR count). The van der Waals surface area contributed by atoms with Gasteiger partial charge in [-0.1, -0.05) is 0 Å². The zero-order valence-electron chi connectivity index (χ0n) is 11.7. The highest BCUT2D eigenvalue weighted by molar-refractivity contribution is 5.60. The first-order valence-corrected chi connectivity index (χ1v) is 7.08. The number of piperidine rings is 1. The number of likely N-dealkylation sites (tertiary alicyclic amines) is 1. The van der Waals surface area contributed by atoms with Gasteiger partial charge in [-0.2, -0.15) is 0 Å². The Morgan fingerprint density at radius 3 is 2.61 bits per heavy atom. The van der Waals surface area contributed by atoms with Gasteiger partial charge in [0.05, 0.1) is 12.0 Å². The third-order valence-electron chi connectivity index (χ3n) is 4.43. The predicted molar refractivity (Wildman–Crippen MR) is 71.7 cm³/mol. The summed E-state index contributed by atoms with van der Waals surface area (Å²) in [6.07, 6.45) is 5.58. The minimum Gasteiger partial charge on any atom is -0.380 e. The fraction of sp³-hybridized carbons (Fsp3) is 0.929. The third-order valence-corrected chi connectivity index (χ3v) is 4.43. The van der Waals surface area contributed by atoms with Crippen molar-refractivity contribution in [3.63, 3.8) is 0 Å². The molecule has 0 aromatic rings. The predicted octanol–water partition coefficient (Wildman–Crippen LogP) is 1.01. The van der Waals surface area contributed by atoms with E-state index in [2.05, 4.69) is 23.9 Å². The normalized spacial score (nSPS) is 31.7. The van der Waals surface area contributed by atoms with Crippen LogP contribution in [0.25, 0.3) is 0 Å². The first-order chi connectivity index (χ1) is 8.65. The zero-order chi connectivity index (χ0) is 13.0. The lowest BCUT2D eigenvalue weighted by molar-refractivity contribution is -0.126. The van der Waals surface area contributed by atoms with Gasteiger partial charge in [0, 0.05) is 19.2 Å². The lowest BCUT2D eigenvalue weighted by Gasteiger charge is -2.41. The number of carbonyl (C=O) groups excluding carboxylic acids is 1. The molecule has 1 atom stereocenters. The highest BCUT2D eigenvalue weighted by atomic mass is 16.5. The largest absolute Gasteiger partial charge is 0.380 e. The van der Waals surface area contributed by atoms with Gasteiger partial charge in [-0.3, -0.25) is 0 Å². The number of aldehydes is 1. The molecule has 4 nitrogen and oxygen atoms in total. The van der Waals surface area contributed by atoms with Crippen LogP contribution < -0.4 is 0 Å². The highest BCUT2D eigenvalue weighted by Gasteiger charge is 2.35. The van der Waals surface area contributed by atoms with Crippen molar-refractivity contribution in [2.45, 2.75) is 31.7 Å². The Hall–Kier alpha value is -0.450. The molecule has 18 heavy (non-hydrogen) atoms. The molecular weight excluding hydrogens is 228 g/mol. The van der Waals surface area contributed by atoms with Gasteiger partial charge in [0.15, 0.2) is 0 Å². The third kappa shape index (κ3) is 3.31. The van der Waals surface area contributed by atoms with Gasteiger partial charge in [-0.05, 0) is 52.9 Å². The van der Waals surface area contributed by atoms with E-state index in [0.29, 0.717) is 12.6 Å². The first kappa shape index (κ1) is 14.0. The maximum atomic E-state index is 11.4. The van der Waals surface area contributed by atoms with E-state index in [9.17, 15) is 4.79 Å². The van der Waals surface area contributed by atoms with Gasteiger partial charge in [-0.15, -0.1) is 0 Å². The molecule has 0 N–H and O–H groups in total. The number of ether oxygens (including phenoxy) is 1. The summed E-state index contributed by atoms with van der Waals surface area (Å²) < 4.78 is 5.51. The van der Waals surface area contributed by atoms with Gasteiger partial charge in [0.1, 0.15) is 6.29 Å². The molecule has 2 aliphatic rings. The molecule has 0 aromatic carbocycles. The van der Waals surface area contributed by atoms with E-state index >= 15 is 0 Å². The quantitative estimate of drug-likeness (QED) is 0.701. The summed E-state index contributed by atoms with van der Waals surface area (Å²) in [7, 11) is 4.31. The Balaban J connectivity index is 1.84. The molecule has 2 aliphatic heterocycles. The van der Waals surface area contributed by atoms with Crippen LogP contribution in [-0.4, -0.2) is 69.1 Å². The topological polar surface area (TPSA) is 32.8 Å². The molecule has 0 saturated carbocycles.